The second-order valence-corrected chi connectivity index (χ2v) is 7.44. The first-order valence-corrected chi connectivity index (χ1v) is 9.53. The maximum Gasteiger partial charge on any atom is 0.258 e. The van der Waals surface area contributed by atoms with Gasteiger partial charge in [0.05, 0.1) is 5.56 Å². The zero-order valence-corrected chi connectivity index (χ0v) is 15.7. The Bertz CT molecular complexity index is 1060. The number of H-pyrrole nitrogens is 1. The summed E-state index contributed by atoms with van der Waals surface area (Å²) in [6.07, 6.45) is 4.47. The zero-order valence-electron chi connectivity index (χ0n) is 15.7. The van der Waals surface area contributed by atoms with Gasteiger partial charge in [0.1, 0.15) is 5.82 Å². The smallest absolute Gasteiger partial charge is 0.258 e. The largest absolute Gasteiger partial charge is 0.493 e. The molecule has 1 aliphatic carbocycles. The summed E-state index contributed by atoms with van der Waals surface area (Å²) in [5, 5.41) is 10.2. The van der Waals surface area contributed by atoms with Crippen LogP contribution in [0.3, 0.4) is 0 Å². The number of hydrogen-bond acceptors (Lipinski definition) is 4. The van der Waals surface area contributed by atoms with Crippen LogP contribution in [0.15, 0.2) is 41.2 Å². The Kier molecular flexibility index (Phi) is 4.94. The molecule has 0 aliphatic heterocycles. The van der Waals surface area contributed by atoms with Gasteiger partial charge < -0.3 is 10.1 Å². The summed E-state index contributed by atoms with van der Waals surface area (Å²) in [5.41, 5.74) is 3.25. The van der Waals surface area contributed by atoms with Gasteiger partial charge in [-0.3, -0.25) is 4.79 Å². The van der Waals surface area contributed by atoms with Crippen LogP contribution in [0.4, 0.5) is 4.39 Å². The maximum atomic E-state index is 13.2. The van der Waals surface area contributed by atoms with Gasteiger partial charge in [-0.25, -0.2) is 9.97 Å². The number of aromatic hydroxyl groups is 1. The molecule has 1 fully saturated rings. The molecular formula is C22H22FN3O2. The predicted molar refractivity (Wildman–Crippen MR) is 105 cm³/mol. The monoisotopic (exact) mass is 379 g/mol. The summed E-state index contributed by atoms with van der Waals surface area (Å²) in [7, 11) is 0. The van der Waals surface area contributed by atoms with Crippen molar-refractivity contribution in [1.82, 2.24) is 15.0 Å². The summed E-state index contributed by atoms with van der Waals surface area (Å²) in [6.45, 7) is 1.76. The molecule has 3 aromatic rings. The lowest BCUT2D eigenvalue weighted by molar-refractivity contribution is 0.440. The Morgan fingerprint density at radius 2 is 1.89 bits per heavy atom. The van der Waals surface area contributed by atoms with E-state index in [4.69, 9.17) is 0 Å². The first kappa shape index (κ1) is 18.3. The number of halogens is 1. The first-order chi connectivity index (χ1) is 13.5. The third-order valence-corrected chi connectivity index (χ3v) is 5.23. The van der Waals surface area contributed by atoms with Crippen LogP contribution in [0.2, 0.25) is 0 Å². The van der Waals surface area contributed by atoms with Crippen molar-refractivity contribution in [1.29, 1.82) is 0 Å². The molecule has 0 unspecified atom stereocenters. The van der Waals surface area contributed by atoms with E-state index >= 15 is 0 Å². The Morgan fingerprint density at radius 3 is 2.54 bits per heavy atom. The average Bonchev–Trinajstić information content (AvgIpc) is 3.48. The van der Waals surface area contributed by atoms with Crippen LogP contribution >= 0.6 is 0 Å². The third kappa shape index (κ3) is 4.11. The summed E-state index contributed by atoms with van der Waals surface area (Å²) in [6, 6.07) is 10.6. The van der Waals surface area contributed by atoms with Crippen LogP contribution < -0.4 is 5.56 Å². The topological polar surface area (TPSA) is 78.9 Å². The van der Waals surface area contributed by atoms with Crippen molar-refractivity contribution in [2.24, 2.45) is 5.92 Å². The highest BCUT2D eigenvalue weighted by Gasteiger charge is 2.21. The molecule has 1 aromatic carbocycles. The van der Waals surface area contributed by atoms with Crippen molar-refractivity contribution in [2.75, 3.05) is 0 Å². The van der Waals surface area contributed by atoms with Crippen molar-refractivity contribution < 1.29 is 9.50 Å². The molecule has 0 spiro atoms. The van der Waals surface area contributed by atoms with E-state index in [1.807, 2.05) is 24.3 Å². The molecule has 6 heteroatoms. The van der Waals surface area contributed by atoms with Crippen LogP contribution in [0.5, 0.6) is 5.88 Å². The highest BCUT2D eigenvalue weighted by atomic mass is 19.1. The molecule has 0 amide bonds. The lowest BCUT2D eigenvalue weighted by Crippen LogP contribution is -2.17. The number of rotatable bonds is 6. The van der Waals surface area contributed by atoms with Crippen LogP contribution in [0.1, 0.15) is 41.9 Å². The molecule has 0 bridgehead atoms. The molecular weight excluding hydrogens is 357 g/mol. The van der Waals surface area contributed by atoms with Crippen LogP contribution in [-0.2, 0) is 12.8 Å². The van der Waals surface area contributed by atoms with Gasteiger partial charge in [0.15, 0.2) is 0 Å². The maximum absolute atomic E-state index is 13.2. The van der Waals surface area contributed by atoms with Gasteiger partial charge in [-0.1, -0.05) is 37.1 Å². The summed E-state index contributed by atoms with van der Waals surface area (Å²) < 4.78 is 13.2. The highest BCUT2D eigenvalue weighted by Crippen LogP contribution is 2.33. The Hall–Kier alpha value is -3.02. The lowest BCUT2D eigenvalue weighted by Gasteiger charge is -2.08. The number of aromatic nitrogens is 3. The predicted octanol–water partition coefficient (Wildman–Crippen LogP) is 3.92. The molecule has 1 saturated carbocycles. The molecule has 0 saturated heterocycles. The van der Waals surface area contributed by atoms with Gasteiger partial charge in [-0.05, 0) is 42.5 Å². The fourth-order valence-electron chi connectivity index (χ4n) is 3.40. The number of aryl methyl sites for hydroxylation is 2. The lowest BCUT2D eigenvalue weighted by atomic mass is 10.0. The van der Waals surface area contributed by atoms with E-state index in [0.717, 1.165) is 29.0 Å². The Balaban J connectivity index is 1.51. The van der Waals surface area contributed by atoms with Crippen molar-refractivity contribution >= 4 is 0 Å². The van der Waals surface area contributed by atoms with E-state index in [-0.39, 0.29) is 23.4 Å². The second kappa shape index (κ2) is 7.54. The molecule has 2 N–H and O–H groups in total. The van der Waals surface area contributed by atoms with Gasteiger partial charge in [-0.15, -0.1) is 0 Å². The van der Waals surface area contributed by atoms with E-state index in [0.29, 0.717) is 17.9 Å². The normalized spacial score (nSPS) is 13.6. The minimum atomic E-state index is -0.499. The fourth-order valence-corrected chi connectivity index (χ4v) is 3.40. The number of aromatic amines is 1. The van der Waals surface area contributed by atoms with Gasteiger partial charge in [0, 0.05) is 24.1 Å². The van der Waals surface area contributed by atoms with Gasteiger partial charge in [-0.2, -0.15) is 4.39 Å². The van der Waals surface area contributed by atoms with E-state index in [9.17, 15) is 14.3 Å². The number of nitrogens with one attached hydrogen (secondary N) is 1. The van der Waals surface area contributed by atoms with Crippen LogP contribution in [0.25, 0.3) is 11.1 Å². The number of benzene rings is 1. The molecule has 5 nitrogen and oxygen atoms in total. The molecule has 144 valence electrons. The second-order valence-electron chi connectivity index (χ2n) is 7.44. The SMILES string of the molecule is Cc1nc(F)ccc1-c1ccc(Cc2c(O)nc(CCC3CC3)[nH]c2=O)cc1. The average molecular weight is 379 g/mol. The van der Waals surface area contributed by atoms with Crippen molar-refractivity contribution in [2.45, 2.75) is 39.0 Å². The van der Waals surface area contributed by atoms with Crippen LogP contribution in [0, 0.1) is 18.8 Å². The first-order valence-electron chi connectivity index (χ1n) is 9.53. The minimum Gasteiger partial charge on any atom is -0.493 e. The highest BCUT2D eigenvalue weighted by molar-refractivity contribution is 5.65. The molecule has 1 aliphatic rings. The summed E-state index contributed by atoms with van der Waals surface area (Å²) >= 11 is 0. The minimum absolute atomic E-state index is 0.197. The van der Waals surface area contributed by atoms with Crippen molar-refractivity contribution in [3.63, 3.8) is 0 Å². The zero-order chi connectivity index (χ0) is 19.7. The van der Waals surface area contributed by atoms with Crippen LogP contribution in [-0.4, -0.2) is 20.1 Å². The molecule has 2 heterocycles. The Labute approximate surface area is 162 Å². The number of nitrogens with zero attached hydrogens (tertiary/aromatic N) is 2. The number of hydrogen-bond donors (Lipinski definition) is 2. The van der Waals surface area contributed by atoms with Gasteiger partial charge in [0.25, 0.3) is 5.56 Å². The van der Waals surface area contributed by atoms with Crippen molar-refractivity contribution in [3.05, 3.63) is 75.3 Å². The molecule has 28 heavy (non-hydrogen) atoms. The van der Waals surface area contributed by atoms with Gasteiger partial charge >= 0.3 is 0 Å². The molecule has 0 atom stereocenters. The number of pyridine rings is 1. The third-order valence-electron chi connectivity index (χ3n) is 5.23. The van der Waals surface area contributed by atoms with Gasteiger partial charge in [0.2, 0.25) is 11.8 Å². The molecule has 4 rings (SSSR count). The Morgan fingerprint density at radius 1 is 1.14 bits per heavy atom. The molecule has 2 aromatic heterocycles. The molecule has 0 radical (unpaired) electrons. The summed E-state index contributed by atoms with van der Waals surface area (Å²) in [4.78, 5) is 23.2. The quantitative estimate of drug-likeness (QED) is 0.636. The van der Waals surface area contributed by atoms with E-state index in [2.05, 4.69) is 15.0 Å². The standard InChI is InChI=1S/C22H22FN3O2/c1-13-17(9-10-19(23)24-13)16-7-4-15(5-8-16)12-18-21(27)25-20(26-22(18)28)11-6-14-2-3-14/h4-5,7-10,14H,2-3,6,11-12H2,1H3,(H2,25,26,27,28). The van der Waals surface area contributed by atoms with E-state index < -0.39 is 5.95 Å². The van der Waals surface area contributed by atoms with Crippen molar-refractivity contribution in [3.8, 4) is 17.0 Å². The van der Waals surface area contributed by atoms with E-state index in [1.54, 1.807) is 13.0 Å². The van der Waals surface area contributed by atoms with E-state index in [1.165, 1.54) is 18.9 Å². The fraction of sp³-hybridized carbons (Fsp3) is 0.318. The summed E-state index contributed by atoms with van der Waals surface area (Å²) in [5.74, 6) is 0.594.